The Morgan fingerprint density at radius 3 is 2.55 bits per heavy atom. The number of amides is 1. The van der Waals surface area contributed by atoms with E-state index in [4.69, 9.17) is 15.0 Å². The van der Waals surface area contributed by atoms with Gasteiger partial charge < -0.3 is 20.4 Å². The van der Waals surface area contributed by atoms with E-state index < -0.39 is 45.7 Å². The zero-order valence-electron chi connectivity index (χ0n) is 24.9. The molecule has 5 N–H and O–H groups in total. The average molecular weight is 607 g/mol. The van der Waals surface area contributed by atoms with E-state index in [-0.39, 0.29) is 47.7 Å². The lowest BCUT2D eigenvalue weighted by Gasteiger charge is -2.64. The van der Waals surface area contributed by atoms with Crippen LogP contribution < -0.4 is 21.2 Å². The molecule has 1 aromatic rings. The van der Waals surface area contributed by atoms with Crippen LogP contribution in [0.15, 0.2) is 40.2 Å². The fourth-order valence-corrected chi connectivity index (χ4v) is 8.07. The van der Waals surface area contributed by atoms with Crippen LogP contribution in [0, 0.1) is 33.3 Å². The first-order valence-corrected chi connectivity index (χ1v) is 16.0. The van der Waals surface area contributed by atoms with Crippen molar-refractivity contribution in [1.29, 1.82) is 0 Å². The molecule has 0 radical (unpaired) electrons. The molecule has 3 aliphatic carbocycles. The first kappa shape index (κ1) is 32.2. The van der Waals surface area contributed by atoms with Gasteiger partial charge in [0.2, 0.25) is 15.9 Å². The van der Waals surface area contributed by atoms with Crippen molar-refractivity contribution in [2.45, 2.75) is 95.3 Å². The zero-order valence-corrected chi connectivity index (χ0v) is 25.7. The van der Waals surface area contributed by atoms with E-state index in [0.29, 0.717) is 18.3 Å². The van der Waals surface area contributed by atoms with Gasteiger partial charge in [0.15, 0.2) is 5.03 Å². The van der Waals surface area contributed by atoms with E-state index in [2.05, 4.69) is 35.8 Å². The molecule has 0 spiro atoms. The van der Waals surface area contributed by atoms with Crippen molar-refractivity contribution >= 4 is 29.0 Å². The van der Waals surface area contributed by atoms with E-state index in [1.54, 1.807) is 23.6 Å². The molecule has 15 heteroatoms. The number of hydrazine groups is 1. The quantitative estimate of drug-likeness (QED) is 0.0651. The molecule has 0 unspecified atom stereocenters. The monoisotopic (exact) mass is 606 g/mol. The van der Waals surface area contributed by atoms with E-state index in [0.717, 1.165) is 12.8 Å². The minimum absolute atomic E-state index is 0.0278. The maximum Gasteiger partial charge on any atom is 0.481 e. The third kappa shape index (κ3) is 6.90. The first-order valence-electron chi connectivity index (χ1n) is 14.6. The van der Waals surface area contributed by atoms with Crippen molar-refractivity contribution < 1.29 is 27.6 Å². The Balaban J connectivity index is 1.50. The zero-order chi connectivity index (χ0) is 30.9. The topological polar surface area (TPSA) is 187 Å². The largest absolute Gasteiger partial charge is 0.481 e. The van der Waals surface area contributed by atoms with Gasteiger partial charge in [-0.2, -0.15) is 4.72 Å². The maximum atomic E-state index is 13.7. The van der Waals surface area contributed by atoms with E-state index in [9.17, 15) is 23.3 Å². The molecule has 6 atom stereocenters. The molecule has 4 aliphatic rings. The molecule has 3 saturated carbocycles. The van der Waals surface area contributed by atoms with Crippen LogP contribution in [0.4, 0.5) is 0 Å². The molecular weight excluding hydrogens is 563 g/mol. The summed E-state index contributed by atoms with van der Waals surface area (Å²) >= 11 is 0. The number of hydrogen-bond donors (Lipinski definition) is 4. The summed E-state index contributed by atoms with van der Waals surface area (Å²) in [5.41, 5.74) is 6.95. The van der Waals surface area contributed by atoms with Gasteiger partial charge in [-0.05, 0) is 74.3 Å². The SMILES string of the molecule is CC(C)C[C@H](NC(=O)[C@H](CCCN=C(N)N[N+](=O)[O-])NS(=O)(=O)c1ccccc1)B1O[C@@H]2C[C@H]3C[C@H](C3(C)C)[C@]2(C)O1. The van der Waals surface area contributed by atoms with Crippen molar-refractivity contribution in [3.8, 4) is 0 Å². The molecule has 1 amide bonds. The smallest absolute Gasteiger partial charge is 0.404 e. The summed E-state index contributed by atoms with van der Waals surface area (Å²) in [5.74, 6) is -0.255. The number of hydrogen-bond acceptors (Lipinski definition) is 8. The third-order valence-corrected chi connectivity index (χ3v) is 10.6. The average Bonchev–Trinajstić information content (AvgIpc) is 3.27. The van der Waals surface area contributed by atoms with Crippen LogP contribution in [0.2, 0.25) is 0 Å². The molecule has 0 aromatic heterocycles. The molecule has 13 nitrogen and oxygen atoms in total. The number of nitrogens with two attached hydrogens (primary N) is 1. The summed E-state index contributed by atoms with van der Waals surface area (Å²) in [5, 5.41) is 12.8. The molecule has 232 valence electrons. The van der Waals surface area contributed by atoms with Crippen molar-refractivity contribution in [2.24, 2.45) is 33.9 Å². The number of aliphatic imine (C=N–C) groups is 1. The summed E-state index contributed by atoms with van der Waals surface area (Å²) < 4.78 is 42.0. The lowest BCUT2D eigenvalue weighted by Crippen LogP contribution is -2.65. The number of carbonyl (C=O) groups is 1. The van der Waals surface area contributed by atoms with E-state index in [1.165, 1.54) is 12.1 Å². The van der Waals surface area contributed by atoms with Gasteiger partial charge in [0.25, 0.3) is 5.96 Å². The molecule has 4 fully saturated rings. The Kier molecular flexibility index (Phi) is 9.55. The highest BCUT2D eigenvalue weighted by atomic mass is 32.2. The highest BCUT2D eigenvalue weighted by Gasteiger charge is 2.68. The first-order chi connectivity index (χ1) is 19.6. The van der Waals surface area contributed by atoms with Crippen LogP contribution in [0.3, 0.4) is 0 Å². The fraction of sp³-hybridized carbons (Fsp3) is 0.704. The minimum Gasteiger partial charge on any atom is -0.404 e. The molecule has 1 aliphatic heterocycles. The van der Waals surface area contributed by atoms with E-state index in [1.807, 2.05) is 13.8 Å². The van der Waals surface area contributed by atoms with Crippen molar-refractivity contribution in [3.05, 3.63) is 40.4 Å². The Morgan fingerprint density at radius 2 is 1.93 bits per heavy atom. The second kappa shape index (κ2) is 12.5. The van der Waals surface area contributed by atoms with Crippen LogP contribution in [0.5, 0.6) is 0 Å². The summed E-state index contributed by atoms with van der Waals surface area (Å²) in [7, 11) is -4.69. The molecule has 1 saturated heterocycles. The Hall–Kier alpha value is -2.75. The number of guanidine groups is 1. The summed E-state index contributed by atoms with van der Waals surface area (Å²) in [6.45, 7) is 10.8. The van der Waals surface area contributed by atoms with Crippen LogP contribution in [-0.4, -0.2) is 62.7 Å². The lowest BCUT2D eigenvalue weighted by atomic mass is 9.43. The normalized spacial score (nSPS) is 28.0. The predicted octanol–water partition coefficient (Wildman–Crippen LogP) is 2.01. The highest BCUT2D eigenvalue weighted by Crippen LogP contribution is 2.65. The molecule has 42 heavy (non-hydrogen) atoms. The van der Waals surface area contributed by atoms with Gasteiger partial charge in [0, 0.05) is 6.54 Å². The number of sulfonamides is 1. The van der Waals surface area contributed by atoms with Crippen molar-refractivity contribution in [1.82, 2.24) is 15.5 Å². The standard InChI is InChI=1S/C27H43BN6O7S/c1-17(2)14-23(28-40-22-16-18-15-21(26(18,3)4)27(22,5)41-28)31-24(35)20(12-9-13-30-25(29)32-34(36)37)33-42(38,39)19-10-7-6-8-11-19/h6-8,10-11,17-18,20-23,33H,9,12-16H2,1-5H3,(H,31,35)(H3,29,30,32)/t18-,20+,21-,22-,23+,27+/m1/s1. The Morgan fingerprint density at radius 1 is 1.24 bits per heavy atom. The predicted molar refractivity (Wildman–Crippen MR) is 158 cm³/mol. The maximum absolute atomic E-state index is 13.7. The molecule has 2 bridgehead atoms. The number of benzene rings is 1. The van der Waals surface area contributed by atoms with Crippen LogP contribution in [-0.2, 0) is 24.1 Å². The fourth-order valence-electron chi connectivity index (χ4n) is 6.82. The highest BCUT2D eigenvalue weighted by molar-refractivity contribution is 7.89. The summed E-state index contributed by atoms with van der Waals surface area (Å²) in [6.07, 6.45) is 2.83. The van der Waals surface area contributed by atoms with Gasteiger partial charge in [-0.15, -0.1) is 0 Å². The number of rotatable bonds is 13. The van der Waals surface area contributed by atoms with Gasteiger partial charge in [0.05, 0.1) is 22.5 Å². The van der Waals surface area contributed by atoms with Crippen molar-refractivity contribution in [2.75, 3.05) is 6.54 Å². The Labute approximate surface area is 248 Å². The molecule has 1 heterocycles. The second-order valence-electron chi connectivity index (χ2n) is 12.8. The Bertz CT molecular complexity index is 1280. The third-order valence-electron chi connectivity index (χ3n) is 9.16. The lowest BCUT2D eigenvalue weighted by molar-refractivity contribution is -0.525. The number of carbonyl (C=O) groups excluding carboxylic acids is 1. The van der Waals surface area contributed by atoms with Crippen molar-refractivity contribution in [3.63, 3.8) is 0 Å². The number of nitrogens with one attached hydrogen (secondary N) is 3. The van der Waals surface area contributed by atoms with Gasteiger partial charge in [0.1, 0.15) is 6.04 Å². The number of nitrogens with zero attached hydrogens (tertiary/aromatic N) is 2. The van der Waals surface area contributed by atoms with Crippen LogP contribution in [0.25, 0.3) is 0 Å². The van der Waals surface area contributed by atoms with Gasteiger partial charge in [-0.3, -0.25) is 4.79 Å². The van der Waals surface area contributed by atoms with Gasteiger partial charge in [-0.1, -0.05) is 51.3 Å². The number of nitro groups is 1. The van der Waals surface area contributed by atoms with Crippen LogP contribution >= 0.6 is 0 Å². The molecule has 5 rings (SSSR count). The second-order valence-corrected chi connectivity index (χ2v) is 14.6. The van der Waals surface area contributed by atoms with Crippen LogP contribution in [0.1, 0.15) is 66.7 Å². The summed E-state index contributed by atoms with van der Waals surface area (Å²) in [4.78, 5) is 28.2. The molecular formula is C27H43BN6O7S. The molecule has 1 aromatic carbocycles. The van der Waals surface area contributed by atoms with Gasteiger partial charge in [-0.25, -0.2) is 23.5 Å². The minimum atomic E-state index is -4.03. The van der Waals surface area contributed by atoms with E-state index >= 15 is 0 Å². The van der Waals surface area contributed by atoms with Gasteiger partial charge >= 0.3 is 7.12 Å². The summed E-state index contributed by atoms with van der Waals surface area (Å²) in [6, 6.07) is 6.65.